The number of hydrogen-bond donors (Lipinski definition) is 0. The molecule has 0 aliphatic rings. The highest BCUT2D eigenvalue weighted by Gasteiger charge is 2.19. The summed E-state index contributed by atoms with van der Waals surface area (Å²) in [6, 6.07) is 23.9. The van der Waals surface area contributed by atoms with E-state index in [-0.39, 0.29) is 11.6 Å². The summed E-state index contributed by atoms with van der Waals surface area (Å²) in [6.45, 7) is 4.65. The van der Waals surface area contributed by atoms with E-state index in [1.165, 1.54) is 0 Å². The number of nitrogens with zero attached hydrogens (tertiary/aromatic N) is 3. The minimum atomic E-state index is -0.116. The van der Waals surface area contributed by atoms with Gasteiger partial charge < -0.3 is 4.57 Å². The maximum atomic E-state index is 13.7. The number of benzene rings is 3. The van der Waals surface area contributed by atoms with Crippen LogP contribution in [0.5, 0.6) is 0 Å². The third-order valence-corrected chi connectivity index (χ3v) is 6.15. The summed E-state index contributed by atoms with van der Waals surface area (Å²) >= 11 is 6.07. The van der Waals surface area contributed by atoms with Crippen LogP contribution in [0.15, 0.2) is 83.9 Å². The molecular weight excluding hydrogens is 406 g/mol. The number of aromatic nitrogens is 3. The van der Waals surface area contributed by atoms with Gasteiger partial charge in [0.15, 0.2) is 0 Å². The predicted molar refractivity (Wildman–Crippen MR) is 127 cm³/mol. The summed E-state index contributed by atoms with van der Waals surface area (Å²) in [7, 11) is 0. The Labute approximate surface area is 185 Å². The highest BCUT2D eigenvalue weighted by Crippen LogP contribution is 2.28. The Morgan fingerprint density at radius 3 is 2.48 bits per heavy atom. The van der Waals surface area contributed by atoms with Gasteiger partial charge in [0.05, 0.1) is 17.9 Å². The van der Waals surface area contributed by atoms with E-state index >= 15 is 0 Å². The lowest BCUT2D eigenvalue weighted by molar-refractivity contribution is 0.606. The number of hydrogen-bond acceptors (Lipinski definition) is 2. The van der Waals surface area contributed by atoms with Crippen LogP contribution in [0.4, 0.5) is 0 Å². The molecule has 154 valence electrons. The molecule has 0 aliphatic heterocycles. The predicted octanol–water partition coefficient (Wildman–Crippen LogP) is 5.97. The van der Waals surface area contributed by atoms with Crippen molar-refractivity contribution in [1.82, 2.24) is 14.1 Å². The largest absolute Gasteiger partial charge is 0.330 e. The normalized spacial score (nSPS) is 12.5. The maximum Gasteiger partial charge on any atom is 0.278 e. The monoisotopic (exact) mass is 427 g/mol. The van der Waals surface area contributed by atoms with Crippen molar-refractivity contribution in [2.24, 2.45) is 0 Å². The Morgan fingerprint density at radius 2 is 1.74 bits per heavy atom. The Balaban J connectivity index is 1.76. The van der Waals surface area contributed by atoms with Crippen molar-refractivity contribution in [3.05, 3.63) is 111 Å². The molecule has 5 aromatic rings. The van der Waals surface area contributed by atoms with Gasteiger partial charge in [-0.3, -0.25) is 9.36 Å². The first-order chi connectivity index (χ1) is 15.0. The molecule has 0 amide bonds. The van der Waals surface area contributed by atoms with Crippen molar-refractivity contribution < 1.29 is 0 Å². The summed E-state index contributed by atoms with van der Waals surface area (Å²) in [6.07, 6.45) is 1.68. The van der Waals surface area contributed by atoms with Crippen molar-refractivity contribution in [2.75, 3.05) is 0 Å². The second-order valence-corrected chi connectivity index (χ2v) is 8.41. The van der Waals surface area contributed by atoms with Crippen LogP contribution in [0.2, 0.25) is 5.02 Å². The molecule has 0 saturated carbocycles. The number of halogens is 1. The molecule has 5 rings (SSSR count). The third kappa shape index (κ3) is 3.43. The van der Waals surface area contributed by atoms with Gasteiger partial charge in [0.2, 0.25) is 0 Å². The topological polar surface area (TPSA) is 39.8 Å². The Bertz CT molecular complexity index is 1450. The summed E-state index contributed by atoms with van der Waals surface area (Å²) in [5, 5.41) is 1.70. The van der Waals surface area contributed by atoms with Crippen LogP contribution < -0.4 is 5.56 Å². The van der Waals surface area contributed by atoms with E-state index in [4.69, 9.17) is 16.6 Å². The average Bonchev–Trinajstić information content (AvgIpc) is 3.09. The van der Waals surface area contributed by atoms with E-state index in [0.29, 0.717) is 17.1 Å². The zero-order valence-electron chi connectivity index (χ0n) is 17.4. The van der Waals surface area contributed by atoms with Gasteiger partial charge in [-0.25, -0.2) is 4.98 Å². The molecule has 0 aliphatic carbocycles. The highest BCUT2D eigenvalue weighted by molar-refractivity contribution is 6.30. The van der Waals surface area contributed by atoms with Crippen LogP contribution in [0.3, 0.4) is 0 Å². The number of fused-ring (bicyclic) bond motifs is 3. The molecule has 31 heavy (non-hydrogen) atoms. The molecule has 1 atom stereocenters. The standard InChI is InChI=1S/C26H22ClN3O/c1-17-8-13-23-22(14-17)24-25(29(23)15-19-9-11-21(27)12-10-19)26(31)30(16-28-24)18(2)20-6-4-3-5-7-20/h3-14,16,18H,15H2,1-2H3/t18-/m1/s1. The average molecular weight is 428 g/mol. The molecular formula is C26H22ClN3O. The maximum absolute atomic E-state index is 13.7. The van der Waals surface area contributed by atoms with Crippen LogP contribution in [0.1, 0.15) is 29.7 Å². The van der Waals surface area contributed by atoms with E-state index < -0.39 is 0 Å². The van der Waals surface area contributed by atoms with Crippen molar-refractivity contribution in [1.29, 1.82) is 0 Å². The summed E-state index contributed by atoms with van der Waals surface area (Å²) < 4.78 is 3.80. The van der Waals surface area contributed by atoms with Crippen LogP contribution in [0.25, 0.3) is 21.9 Å². The van der Waals surface area contributed by atoms with E-state index in [2.05, 4.69) is 29.7 Å². The first kappa shape index (κ1) is 19.6. The van der Waals surface area contributed by atoms with Crippen LogP contribution in [0, 0.1) is 6.92 Å². The quantitative estimate of drug-likeness (QED) is 0.354. The lowest BCUT2D eigenvalue weighted by atomic mass is 10.1. The Kier molecular flexibility index (Phi) is 4.87. The van der Waals surface area contributed by atoms with Gasteiger partial charge in [-0.05, 0) is 49.2 Å². The van der Waals surface area contributed by atoms with Gasteiger partial charge in [0.1, 0.15) is 11.0 Å². The van der Waals surface area contributed by atoms with Crippen molar-refractivity contribution in [3.8, 4) is 0 Å². The molecule has 0 bridgehead atoms. The zero-order valence-corrected chi connectivity index (χ0v) is 18.2. The van der Waals surface area contributed by atoms with Crippen LogP contribution in [-0.4, -0.2) is 14.1 Å². The first-order valence-electron chi connectivity index (χ1n) is 10.3. The molecule has 5 heteroatoms. The van der Waals surface area contributed by atoms with Gasteiger partial charge in [-0.1, -0.05) is 65.7 Å². The molecule has 3 aromatic carbocycles. The molecule has 0 spiro atoms. The number of rotatable bonds is 4. The molecule has 0 N–H and O–H groups in total. The van der Waals surface area contributed by atoms with Gasteiger partial charge in [-0.15, -0.1) is 0 Å². The van der Waals surface area contributed by atoms with Crippen molar-refractivity contribution in [2.45, 2.75) is 26.4 Å². The summed E-state index contributed by atoms with van der Waals surface area (Å²) in [5.74, 6) is 0. The minimum absolute atomic E-state index is 0.0378. The summed E-state index contributed by atoms with van der Waals surface area (Å²) in [5.41, 5.74) is 5.63. The lowest BCUT2D eigenvalue weighted by Gasteiger charge is -2.16. The van der Waals surface area contributed by atoms with Gasteiger partial charge in [0, 0.05) is 17.0 Å². The fourth-order valence-electron chi connectivity index (χ4n) is 4.20. The molecule has 2 heterocycles. The second kappa shape index (κ2) is 7.71. The third-order valence-electron chi connectivity index (χ3n) is 5.89. The fraction of sp³-hybridized carbons (Fsp3) is 0.154. The molecule has 0 saturated heterocycles. The molecule has 0 unspecified atom stereocenters. The van der Waals surface area contributed by atoms with E-state index in [1.54, 1.807) is 10.9 Å². The Morgan fingerprint density at radius 1 is 1.00 bits per heavy atom. The molecule has 0 fully saturated rings. The van der Waals surface area contributed by atoms with Gasteiger partial charge in [0.25, 0.3) is 5.56 Å². The van der Waals surface area contributed by atoms with Gasteiger partial charge in [-0.2, -0.15) is 0 Å². The van der Waals surface area contributed by atoms with E-state index in [9.17, 15) is 4.79 Å². The second-order valence-electron chi connectivity index (χ2n) is 7.97. The molecule has 4 nitrogen and oxygen atoms in total. The van der Waals surface area contributed by atoms with E-state index in [0.717, 1.165) is 33.1 Å². The van der Waals surface area contributed by atoms with E-state index in [1.807, 2.05) is 61.5 Å². The highest BCUT2D eigenvalue weighted by atomic mass is 35.5. The van der Waals surface area contributed by atoms with Crippen LogP contribution in [-0.2, 0) is 6.54 Å². The van der Waals surface area contributed by atoms with Gasteiger partial charge >= 0.3 is 0 Å². The number of aryl methyl sites for hydroxylation is 1. The summed E-state index contributed by atoms with van der Waals surface area (Å²) in [4.78, 5) is 18.5. The first-order valence-corrected chi connectivity index (χ1v) is 10.7. The minimum Gasteiger partial charge on any atom is -0.330 e. The molecule has 2 aromatic heterocycles. The SMILES string of the molecule is Cc1ccc2c(c1)c1ncn([C@H](C)c3ccccc3)c(=O)c1n2Cc1ccc(Cl)cc1. The van der Waals surface area contributed by atoms with Crippen LogP contribution >= 0.6 is 11.6 Å². The van der Waals surface area contributed by atoms with Crippen molar-refractivity contribution >= 4 is 33.5 Å². The van der Waals surface area contributed by atoms with Crippen molar-refractivity contribution in [3.63, 3.8) is 0 Å². The zero-order chi connectivity index (χ0) is 21.5. The lowest BCUT2D eigenvalue weighted by Crippen LogP contribution is -2.26. The molecule has 0 radical (unpaired) electrons. The Hall–Kier alpha value is -3.37. The fourth-order valence-corrected chi connectivity index (χ4v) is 4.32. The smallest absolute Gasteiger partial charge is 0.278 e.